The Hall–Kier alpha value is -2.08. The van der Waals surface area contributed by atoms with E-state index >= 15 is 0 Å². The molecule has 1 aromatic carbocycles. The average molecular weight is 317 g/mol. The minimum atomic E-state index is -0.105. The lowest BCUT2D eigenvalue weighted by Gasteiger charge is -2.32. The Balaban J connectivity index is 1.53. The van der Waals surface area contributed by atoms with Gasteiger partial charge in [0.25, 0.3) is 0 Å². The zero-order valence-electron chi connectivity index (χ0n) is 13.6. The van der Waals surface area contributed by atoms with Crippen molar-refractivity contribution < 1.29 is 14.5 Å². The molecular formula is C17H25N4O2+. The van der Waals surface area contributed by atoms with Gasteiger partial charge in [-0.15, -0.1) is 0 Å². The Morgan fingerprint density at radius 1 is 1.26 bits per heavy atom. The maximum absolute atomic E-state index is 12.4. The Bertz CT molecular complexity index is 555. The van der Waals surface area contributed by atoms with Crippen LogP contribution in [0.25, 0.3) is 0 Å². The fourth-order valence-electron chi connectivity index (χ4n) is 3.31. The lowest BCUT2D eigenvalue weighted by molar-refractivity contribution is -0.902. The number of rotatable bonds is 3. The Kier molecular flexibility index (Phi) is 4.81. The summed E-state index contributed by atoms with van der Waals surface area (Å²) in [4.78, 5) is 29.7. The first-order chi connectivity index (χ1) is 11.2. The minimum absolute atomic E-state index is 0.0344. The number of piperazine rings is 1. The predicted molar refractivity (Wildman–Crippen MR) is 88.5 cm³/mol. The van der Waals surface area contributed by atoms with Gasteiger partial charge in [0.2, 0.25) is 5.91 Å². The van der Waals surface area contributed by atoms with Crippen molar-refractivity contribution >= 4 is 17.6 Å². The normalized spacial score (nSPS) is 22.5. The number of nitrogens with one attached hydrogen (secondary N) is 2. The van der Waals surface area contributed by atoms with E-state index in [0.717, 1.165) is 38.4 Å². The number of urea groups is 1. The highest BCUT2D eigenvalue weighted by Crippen LogP contribution is 2.21. The zero-order valence-corrected chi connectivity index (χ0v) is 13.6. The number of hydrogen-bond donors (Lipinski definition) is 2. The van der Waals surface area contributed by atoms with Crippen LogP contribution in [-0.2, 0) is 4.79 Å². The number of quaternary nitrogens is 1. The SMILES string of the molecule is CC[NH+]1CCN(C(=O)N[C@H]2CC(=O)N(c3ccccc3)C2)CC1. The molecule has 1 aromatic rings. The van der Waals surface area contributed by atoms with Crippen LogP contribution in [0.5, 0.6) is 0 Å². The van der Waals surface area contributed by atoms with Crippen molar-refractivity contribution in [3.8, 4) is 0 Å². The lowest BCUT2D eigenvalue weighted by Crippen LogP contribution is -3.14. The number of anilines is 1. The number of para-hydroxylation sites is 1. The van der Waals surface area contributed by atoms with Gasteiger partial charge in [-0.05, 0) is 19.1 Å². The third kappa shape index (κ3) is 3.64. The smallest absolute Gasteiger partial charge is 0.318 e. The molecule has 0 saturated carbocycles. The quantitative estimate of drug-likeness (QED) is 0.806. The maximum atomic E-state index is 12.4. The fourth-order valence-corrected chi connectivity index (χ4v) is 3.31. The van der Waals surface area contributed by atoms with Gasteiger partial charge >= 0.3 is 6.03 Å². The summed E-state index contributed by atoms with van der Waals surface area (Å²) >= 11 is 0. The molecule has 6 nitrogen and oxygen atoms in total. The molecule has 0 radical (unpaired) electrons. The molecule has 0 aromatic heterocycles. The van der Waals surface area contributed by atoms with Crippen LogP contribution >= 0.6 is 0 Å². The first-order valence-electron chi connectivity index (χ1n) is 8.41. The first-order valence-corrected chi connectivity index (χ1v) is 8.41. The monoisotopic (exact) mass is 317 g/mol. The van der Waals surface area contributed by atoms with Gasteiger partial charge in [-0.2, -0.15) is 0 Å². The first kappa shape index (κ1) is 15.8. The third-order valence-electron chi connectivity index (χ3n) is 4.78. The van der Waals surface area contributed by atoms with Crippen molar-refractivity contribution in [3.63, 3.8) is 0 Å². The van der Waals surface area contributed by atoms with Crippen LogP contribution < -0.4 is 15.1 Å². The molecule has 0 bridgehead atoms. The molecule has 1 atom stereocenters. The number of carbonyl (C=O) groups excluding carboxylic acids is 2. The number of likely N-dealkylation sites (N-methyl/N-ethyl adjacent to an activating group) is 1. The van der Waals surface area contributed by atoms with E-state index in [0.29, 0.717) is 13.0 Å². The van der Waals surface area contributed by atoms with E-state index < -0.39 is 0 Å². The zero-order chi connectivity index (χ0) is 16.2. The van der Waals surface area contributed by atoms with Crippen LogP contribution in [0.15, 0.2) is 30.3 Å². The van der Waals surface area contributed by atoms with Crippen molar-refractivity contribution in [1.82, 2.24) is 10.2 Å². The van der Waals surface area contributed by atoms with E-state index in [9.17, 15) is 9.59 Å². The second kappa shape index (κ2) is 7.00. The minimum Gasteiger partial charge on any atom is -0.333 e. The van der Waals surface area contributed by atoms with Crippen molar-refractivity contribution in [3.05, 3.63) is 30.3 Å². The van der Waals surface area contributed by atoms with E-state index in [1.54, 1.807) is 9.80 Å². The van der Waals surface area contributed by atoms with Gasteiger partial charge in [-0.1, -0.05) is 18.2 Å². The van der Waals surface area contributed by atoms with E-state index in [2.05, 4.69) is 12.2 Å². The molecule has 2 aliphatic rings. The van der Waals surface area contributed by atoms with Crippen molar-refractivity contribution in [2.24, 2.45) is 0 Å². The summed E-state index contributed by atoms with van der Waals surface area (Å²) in [7, 11) is 0. The number of carbonyl (C=O) groups is 2. The van der Waals surface area contributed by atoms with Crippen molar-refractivity contribution in [2.75, 3.05) is 44.2 Å². The summed E-state index contributed by atoms with van der Waals surface area (Å²) in [5.41, 5.74) is 0.898. The Morgan fingerprint density at radius 3 is 2.61 bits per heavy atom. The molecule has 2 fully saturated rings. The molecule has 124 valence electrons. The van der Waals surface area contributed by atoms with Crippen LogP contribution in [0.1, 0.15) is 13.3 Å². The highest BCUT2D eigenvalue weighted by Gasteiger charge is 2.33. The molecule has 3 amide bonds. The Labute approximate surface area is 137 Å². The number of amides is 3. The van der Waals surface area contributed by atoms with Crippen LogP contribution in [0.3, 0.4) is 0 Å². The van der Waals surface area contributed by atoms with Gasteiger partial charge in [0.1, 0.15) is 0 Å². The van der Waals surface area contributed by atoms with Gasteiger partial charge in [0, 0.05) is 18.7 Å². The average Bonchev–Trinajstić information content (AvgIpc) is 2.96. The van der Waals surface area contributed by atoms with Crippen molar-refractivity contribution in [1.29, 1.82) is 0 Å². The molecule has 2 N–H and O–H groups in total. The summed E-state index contributed by atoms with van der Waals surface area (Å²) < 4.78 is 0. The van der Waals surface area contributed by atoms with Gasteiger partial charge in [-0.25, -0.2) is 4.79 Å². The molecule has 0 unspecified atom stereocenters. The molecule has 2 aliphatic heterocycles. The lowest BCUT2D eigenvalue weighted by atomic mass is 10.2. The van der Waals surface area contributed by atoms with Gasteiger partial charge in [0.05, 0.1) is 38.8 Å². The van der Waals surface area contributed by atoms with Crippen LogP contribution in [0, 0.1) is 0 Å². The summed E-state index contributed by atoms with van der Waals surface area (Å²) in [6, 6.07) is 9.48. The van der Waals surface area contributed by atoms with Gasteiger partial charge < -0.3 is 20.0 Å². The standard InChI is InChI=1S/C17H24N4O2/c1-2-19-8-10-20(11-9-19)17(23)18-14-12-16(22)21(13-14)15-6-4-3-5-7-15/h3-7,14H,2,8-13H2,1H3,(H,18,23)/p+1/t14-/m0/s1. The largest absolute Gasteiger partial charge is 0.333 e. The van der Waals surface area contributed by atoms with Crippen LogP contribution in [0.4, 0.5) is 10.5 Å². The molecular weight excluding hydrogens is 292 g/mol. The molecule has 2 heterocycles. The highest BCUT2D eigenvalue weighted by atomic mass is 16.2. The molecule has 6 heteroatoms. The van der Waals surface area contributed by atoms with Crippen LogP contribution in [-0.4, -0.2) is 62.1 Å². The Morgan fingerprint density at radius 2 is 1.96 bits per heavy atom. The predicted octanol–water partition coefficient (Wildman–Crippen LogP) is -0.278. The number of benzene rings is 1. The fraction of sp³-hybridized carbons (Fsp3) is 0.529. The highest BCUT2D eigenvalue weighted by molar-refractivity contribution is 5.96. The second-order valence-corrected chi connectivity index (χ2v) is 6.28. The number of nitrogens with zero attached hydrogens (tertiary/aromatic N) is 2. The third-order valence-corrected chi connectivity index (χ3v) is 4.78. The molecule has 2 saturated heterocycles. The topological polar surface area (TPSA) is 57.1 Å². The van der Waals surface area contributed by atoms with E-state index in [4.69, 9.17) is 0 Å². The van der Waals surface area contributed by atoms with Gasteiger partial charge in [0.15, 0.2) is 0 Å². The maximum Gasteiger partial charge on any atom is 0.318 e. The summed E-state index contributed by atoms with van der Waals surface area (Å²) in [6.07, 6.45) is 0.376. The summed E-state index contributed by atoms with van der Waals surface area (Å²) in [6.45, 7) is 7.42. The van der Waals surface area contributed by atoms with Crippen molar-refractivity contribution in [2.45, 2.75) is 19.4 Å². The molecule has 0 spiro atoms. The second-order valence-electron chi connectivity index (χ2n) is 6.28. The van der Waals surface area contributed by atoms with E-state index in [-0.39, 0.29) is 18.0 Å². The van der Waals surface area contributed by atoms with Crippen LogP contribution in [0.2, 0.25) is 0 Å². The molecule has 0 aliphatic carbocycles. The summed E-state index contributed by atoms with van der Waals surface area (Å²) in [5, 5.41) is 3.03. The molecule has 3 rings (SSSR count). The number of hydrogen-bond acceptors (Lipinski definition) is 2. The van der Waals surface area contributed by atoms with E-state index in [1.165, 1.54) is 0 Å². The summed E-state index contributed by atoms with van der Waals surface area (Å²) in [5.74, 6) is 0.0711. The van der Waals surface area contributed by atoms with E-state index in [1.807, 2.05) is 35.2 Å². The molecule has 23 heavy (non-hydrogen) atoms. The van der Waals surface area contributed by atoms with Gasteiger partial charge in [-0.3, -0.25) is 4.79 Å².